The van der Waals surface area contributed by atoms with Crippen LogP contribution < -0.4 is 10.6 Å². The first-order valence-electron chi connectivity index (χ1n) is 5.58. The second-order valence-electron chi connectivity index (χ2n) is 4.13. The lowest BCUT2D eigenvalue weighted by atomic mass is 10.2. The average Bonchev–Trinajstić information content (AvgIpc) is 2.35. The molecule has 0 saturated carbocycles. The highest BCUT2D eigenvalue weighted by Crippen LogP contribution is 2.26. The van der Waals surface area contributed by atoms with E-state index in [1.54, 1.807) is 12.1 Å². The smallest absolute Gasteiger partial charge is 0.146 e. The summed E-state index contributed by atoms with van der Waals surface area (Å²) in [4.78, 5) is 1.86. The fourth-order valence-corrected chi connectivity index (χ4v) is 2.21. The average molecular weight is 309 g/mol. The number of para-hydroxylation sites is 1. The van der Waals surface area contributed by atoms with Crippen molar-refractivity contribution >= 4 is 27.3 Å². The molecule has 0 spiro atoms. The molecule has 2 aromatic carbocycles. The predicted octanol–water partition coefficient (Wildman–Crippen LogP) is 3.81. The molecule has 0 aliphatic rings. The van der Waals surface area contributed by atoms with Gasteiger partial charge in [0.05, 0.1) is 5.69 Å². The lowest BCUT2D eigenvalue weighted by Crippen LogP contribution is -2.18. The van der Waals surface area contributed by atoms with Crippen LogP contribution in [-0.2, 0) is 6.54 Å². The van der Waals surface area contributed by atoms with Gasteiger partial charge in [0, 0.05) is 23.8 Å². The van der Waals surface area contributed by atoms with E-state index in [1.165, 1.54) is 6.07 Å². The Morgan fingerprint density at radius 3 is 2.61 bits per heavy atom. The van der Waals surface area contributed by atoms with Gasteiger partial charge in [0.2, 0.25) is 0 Å². The Balaban J connectivity index is 2.24. The molecule has 0 saturated heterocycles. The normalized spacial score (nSPS) is 10.4. The largest absolute Gasteiger partial charge is 0.398 e. The second kappa shape index (κ2) is 5.40. The topological polar surface area (TPSA) is 29.3 Å². The molecule has 2 nitrogen and oxygen atoms in total. The first kappa shape index (κ1) is 12.9. The monoisotopic (exact) mass is 308 g/mol. The molecule has 94 valence electrons. The lowest BCUT2D eigenvalue weighted by Gasteiger charge is -2.21. The molecule has 18 heavy (non-hydrogen) atoms. The number of hydrogen-bond donors (Lipinski definition) is 1. The highest BCUT2D eigenvalue weighted by atomic mass is 79.9. The summed E-state index contributed by atoms with van der Waals surface area (Å²) >= 11 is 3.45. The summed E-state index contributed by atoms with van der Waals surface area (Å²) in [7, 11) is 1.86. The van der Waals surface area contributed by atoms with E-state index in [4.69, 9.17) is 5.73 Å². The molecular weight excluding hydrogens is 295 g/mol. The van der Waals surface area contributed by atoms with Crippen molar-refractivity contribution in [2.45, 2.75) is 6.54 Å². The molecule has 0 aliphatic heterocycles. The maximum absolute atomic E-state index is 13.6. The molecule has 0 radical (unpaired) electrons. The lowest BCUT2D eigenvalue weighted by molar-refractivity contribution is 0.622. The van der Waals surface area contributed by atoms with Crippen molar-refractivity contribution in [2.24, 2.45) is 0 Å². The van der Waals surface area contributed by atoms with Crippen molar-refractivity contribution in [3.63, 3.8) is 0 Å². The molecule has 0 unspecified atom stereocenters. The minimum absolute atomic E-state index is 0.222. The molecule has 0 fully saturated rings. The van der Waals surface area contributed by atoms with Gasteiger partial charge in [0.15, 0.2) is 0 Å². The van der Waals surface area contributed by atoms with Gasteiger partial charge < -0.3 is 10.6 Å². The third-order valence-electron chi connectivity index (χ3n) is 2.78. The van der Waals surface area contributed by atoms with E-state index in [1.807, 2.05) is 36.2 Å². The van der Waals surface area contributed by atoms with Crippen LogP contribution >= 0.6 is 15.9 Å². The van der Waals surface area contributed by atoms with E-state index in [0.29, 0.717) is 17.9 Å². The molecule has 0 atom stereocenters. The highest BCUT2D eigenvalue weighted by molar-refractivity contribution is 9.10. The van der Waals surface area contributed by atoms with Crippen LogP contribution in [0.1, 0.15) is 5.56 Å². The molecule has 2 rings (SSSR count). The predicted molar refractivity (Wildman–Crippen MR) is 77.1 cm³/mol. The van der Waals surface area contributed by atoms with Crippen LogP contribution in [0.4, 0.5) is 15.8 Å². The summed E-state index contributed by atoms with van der Waals surface area (Å²) in [6.45, 7) is 0.590. The van der Waals surface area contributed by atoms with Gasteiger partial charge in [0.1, 0.15) is 5.82 Å². The van der Waals surface area contributed by atoms with Crippen molar-refractivity contribution in [1.82, 2.24) is 0 Å². The Morgan fingerprint density at radius 1 is 1.17 bits per heavy atom. The van der Waals surface area contributed by atoms with E-state index in [-0.39, 0.29) is 5.82 Å². The Labute approximate surface area is 114 Å². The van der Waals surface area contributed by atoms with Crippen LogP contribution in [0.2, 0.25) is 0 Å². The highest BCUT2D eigenvalue weighted by Gasteiger charge is 2.09. The standard InChI is InChI=1S/C14H14BrFN2/c1-18(13-8-3-2-6-11(13)16)9-10-5-4-7-12(17)14(10)15/h2-8H,9,17H2,1H3. The zero-order chi connectivity index (χ0) is 13.1. The molecule has 2 aromatic rings. The Morgan fingerprint density at radius 2 is 1.89 bits per heavy atom. The van der Waals surface area contributed by atoms with Crippen molar-refractivity contribution < 1.29 is 4.39 Å². The number of anilines is 2. The first-order chi connectivity index (χ1) is 8.59. The van der Waals surface area contributed by atoms with Crippen LogP contribution in [0.25, 0.3) is 0 Å². The van der Waals surface area contributed by atoms with E-state index in [9.17, 15) is 4.39 Å². The summed E-state index contributed by atoms with van der Waals surface area (Å²) in [5.41, 5.74) is 8.12. The zero-order valence-corrected chi connectivity index (χ0v) is 11.6. The molecule has 4 heteroatoms. The van der Waals surface area contributed by atoms with Gasteiger partial charge >= 0.3 is 0 Å². The Kier molecular flexibility index (Phi) is 3.87. The number of halogens is 2. The summed E-state index contributed by atoms with van der Waals surface area (Å²) in [6, 6.07) is 12.4. The molecular formula is C14H14BrFN2. The van der Waals surface area contributed by atoms with Gasteiger partial charge in [-0.3, -0.25) is 0 Å². The number of nitrogens with zero attached hydrogens (tertiary/aromatic N) is 1. The summed E-state index contributed by atoms with van der Waals surface area (Å²) < 4.78 is 14.5. The summed E-state index contributed by atoms with van der Waals surface area (Å²) in [5.74, 6) is -0.222. The van der Waals surface area contributed by atoms with Crippen LogP contribution in [0.3, 0.4) is 0 Å². The van der Waals surface area contributed by atoms with Crippen molar-refractivity contribution in [1.29, 1.82) is 0 Å². The van der Waals surface area contributed by atoms with Crippen molar-refractivity contribution in [3.05, 3.63) is 58.3 Å². The summed E-state index contributed by atoms with van der Waals surface area (Å²) in [6.07, 6.45) is 0. The Bertz CT molecular complexity index is 557. The second-order valence-corrected chi connectivity index (χ2v) is 4.92. The number of hydrogen-bond acceptors (Lipinski definition) is 2. The van der Waals surface area contributed by atoms with Gasteiger partial charge in [0.25, 0.3) is 0 Å². The summed E-state index contributed by atoms with van der Waals surface area (Å²) in [5, 5.41) is 0. The fraction of sp³-hybridized carbons (Fsp3) is 0.143. The van der Waals surface area contributed by atoms with Gasteiger partial charge in [-0.25, -0.2) is 4.39 Å². The van der Waals surface area contributed by atoms with E-state index in [2.05, 4.69) is 15.9 Å². The minimum Gasteiger partial charge on any atom is -0.398 e. The van der Waals surface area contributed by atoms with Crippen LogP contribution in [-0.4, -0.2) is 7.05 Å². The number of rotatable bonds is 3. The number of nitrogen functional groups attached to an aromatic ring is 1. The number of benzene rings is 2. The van der Waals surface area contributed by atoms with E-state index in [0.717, 1.165) is 10.0 Å². The number of nitrogens with two attached hydrogens (primary N) is 1. The SMILES string of the molecule is CN(Cc1cccc(N)c1Br)c1ccccc1F. The molecule has 0 aliphatic carbocycles. The van der Waals surface area contributed by atoms with E-state index < -0.39 is 0 Å². The first-order valence-corrected chi connectivity index (χ1v) is 6.37. The Hall–Kier alpha value is -1.55. The van der Waals surface area contributed by atoms with Gasteiger partial charge in [-0.1, -0.05) is 24.3 Å². The molecule has 0 aromatic heterocycles. The molecule has 0 heterocycles. The third kappa shape index (κ3) is 2.64. The zero-order valence-electron chi connectivity index (χ0n) is 10.0. The van der Waals surface area contributed by atoms with E-state index >= 15 is 0 Å². The van der Waals surface area contributed by atoms with Crippen LogP contribution in [0.15, 0.2) is 46.9 Å². The van der Waals surface area contributed by atoms with Crippen molar-refractivity contribution in [3.8, 4) is 0 Å². The molecule has 0 bridgehead atoms. The van der Waals surface area contributed by atoms with Gasteiger partial charge in [-0.05, 0) is 39.7 Å². The fourth-order valence-electron chi connectivity index (χ4n) is 1.82. The minimum atomic E-state index is -0.222. The third-order valence-corrected chi connectivity index (χ3v) is 3.75. The maximum atomic E-state index is 13.6. The molecule has 0 amide bonds. The van der Waals surface area contributed by atoms with Gasteiger partial charge in [-0.2, -0.15) is 0 Å². The molecule has 2 N–H and O–H groups in total. The van der Waals surface area contributed by atoms with Gasteiger partial charge in [-0.15, -0.1) is 0 Å². The quantitative estimate of drug-likeness (QED) is 0.874. The maximum Gasteiger partial charge on any atom is 0.146 e. The van der Waals surface area contributed by atoms with Crippen molar-refractivity contribution in [2.75, 3.05) is 17.7 Å². The van der Waals surface area contributed by atoms with Crippen LogP contribution in [0.5, 0.6) is 0 Å². The van der Waals surface area contributed by atoms with Crippen LogP contribution in [0, 0.1) is 5.82 Å².